The third kappa shape index (κ3) is 4.08. The molecule has 2 N–H and O–H groups in total. The normalized spacial score (nSPS) is 17.6. The molecule has 114 valence electrons. The van der Waals surface area contributed by atoms with Gasteiger partial charge in [-0.15, -0.1) is 0 Å². The Morgan fingerprint density at radius 1 is 1.24 bits per heavy atom. The van der Waals surface area contributed by atoms with E-state index >= 15 is 0 Å². The number of nitrogens with one attached hydrogen (secondary N) is 2. The molecule has 21 heavy (non-hydrogen) atoms. The maximum absolute atomic E-state index is 3.57. The largest absolute Gasteiger partial charge is 0.361 e. The zero-order valence-corrected chi connectivity index (χ0v) is 13.1. The zero-order valence-electron chi connectivity index (χ0n) is 13.1. The standard InChI is InChI=1S/C18H27N3/c1-15-6-11-21(12-7-15)10-2-8-19-14-16-3-4-17-5-9-20-18(17)13-16/h3-5,9,13,15,19-20H,2,6-8,10-12,14H2,1H3. The van der Waals surface area contributed by atoms with Gasteiger partial charge in [0.25, 0.3) is 0 Å². The zero-order chi connectivity index (χ0) is 14.5. The highest BCUT2D eigenvalue weighted by molar-refractivity contribution is 5.79. The number of nitrogens with zero attached hydrogens (tertiary/aromatic N) is 1. The van der Waals surface area contributed by atoms with Crippen LogP contribution in [-0.4, -0.2) is 36.1 Å². The lowest BCUT2D eigenvalue weighted by Crippen LogP contribution is -2.34. The lowest BCUT2D eigenvalue weighted by Gasteiger charge is -2.30. The van der Waals surface area contributed by atoms with Gasteiger partial charge in [-0.25, -0.2) is 0 Å². The van der Waals surface area contributed by atoms with Gasteiger partial charge in [-0.2, -0.15) is 0 Å². The van der Waals surface area contributed by atoms with Crippen molar-refractivity contribution >= 4 is 10.9 Å². The fraction of sp³-hybridized carbons (Fsp3) is 0.556. The highest BCUT2D eigenvalue weighted by atomic mass is 15.1. The Bertz CT molecular complexity index is 552. The molecule has 1 aliphatic heterocycles. The topological polar surface area (TPSA) is 31.1 Å². The van der Waals surface area contributed by atoms with Crippen LogP contribution >= 0.6 is 0 Å². The number of benzene rings is 1. The highest BCUT2D eigenvalue weighted by Gasteiger charge is 2.14. The van der Waals surface area contributed by atoms with Crippen LogP contribution in [0, 0.1) is 5.92 Å². The lowest BCUT2D eigenvalue weighted by molar-refractivity contribution is 0.190. The van der Waals surface area contributed by atoms with Gasteiger partial charge in [0.05, 0.1) is 0 Å². The number of aromatic nitrogens is 1. The van der Waals surface area contributed by atoms with Crippen LogP contribution in [0.1, 0.15) is 31.7 Å². The van der Waals surface area contributed by atoms with Gasteiger partial charge >= 0.3 is 0 Å². The molecule has 1 aliphatic rings. The van der Waals surface area contributed by atoms with Gasteiger partial charge in [0.15, 0.2) is 0 Å². The number of H-pyrrole nitrogens is 1. The molecular weight excluding hydrogens is 258 g/mol. The molecule has 0 unspecified atom stereocenters. The van der Waals surface area contributed by atoms with Crippen LogP contribution in [0.4, 0.5) is 0 Å². The SMILES string of the molecule is CC1CCN(CCCNCc2ccc3cc[nH]c3c2)CC1. The summed E-state index contributed by atoms with van der Waals surface area (Å²) in [4.78, 5) is 5.89. The molecule has 0 spiro atoms. The summed E-state index contributed by atoms with van der Waals surface area (Å²) >= 11 is 0. The summed E-state index contributed by atoms with van der Waals surface area (Å²) in [6, 6.07) is 8.77. The van der Waals surface area contributed by atoms with Gasteiger partial charge in [0.2, 0.25) is 0 Å². The van der Waals surface area contributed by atoms with Crippen molar-refractivity contribution in [1.29, 1.82) is 0 Å². The van der Waals surface area contributed by atoms with Crippen LogP contribution in [-0.2, 0) is 6.54 Å². The summed E-state index contributed by atoms with van der Waals surface area (Å²) in [6.45, 7) is 8.28. The lowest BCUT2D eigenvalue weighted by atomic mass is 9.99. The van der Waals surface area contributed by atoms with Crippen LogP contribution in [0.2, 0.25) is 0 Å². The number of hydrogen-bond donors (Lipinski definition) is 2. The van der Waals surface area contributed by atoms with Gasteiger partial charge in [0, 0.05) is 18.3 Å². The molecular formula is C18H27N3. The predicted octanol–water partition coefficient (Wildman–Crippen LogP) is 3.38. The Balaban J connectivity index is 1.34. The second-order valence-corrected chi connectivity index (χ2v) is 6.45. The molecule has 1 saturated heterocycles. The van der Waals surface area contributed by atoms with E-state index in [-0.39, 0.29) is 0 Å². The van der Waals surface area contributed by atoms with E-state index in [2.05, 4.69) is 46.4 Å². The molecule has 3 rings (SSSR count). The third-order valence-corrected chi connectivity index (χ3v) is 4.65. The van der Waals surface area contributed by atoms with Gasteiger partial charge in [-0.1, -0.05) is 19.1 Å². The first-order chi connectivity index (χ1) is 10.3. The van der Waals surface area contributed by atoms with Crippen molar-refractivity contribution in [3.05, 3.63) is 36.0 Å². The van der Waals surface area contributed by atoms with Crippen LogP contribution in [0.5, 0.6) is 0 Å². The minimum atomic E-state index is 0.933. The first-order valence-corrected chi connectivity index (χ1v) is 8.30. The Labute approximate surface area is 127 Å². The van der Waals surface area contributed by atoms with Crippen molar-refractivity contribution in [2.24, 2.45) is 5.92 Å². The van der Waals surface area contributed by atoms with Crippen LogP contribution < -0.4 is 5.32 Å². The minimum Gasteiger partial charge on any atom is -0.361 e. The van der Waals surface area contributed by atoms with Crippen LogP contribution in [0.15, 0.2) is 30.5 Å². The maximum Gasteiger partial charge on any atom is 0.0457 e. The van der Waals surface area contributed by atoms with Crippen molar-refractivity contribution < 1.29 is 0 Å². The van der Waals surface area contributed by atoms with E-state index in [9.17, 15) is 0 Å². The van der Waals surface area contributed by atoms with Gasteiger partial charge in [0.1, 0.15) is 0 Å². The van der Waals surface area contributed by atoms with Crippen molar-refractivity contribution in [3.63, 3.8) is 0 Å². The van der Waals surface area contributed by atoms with Gasteiger partial charge in [-0.3, -0.25) is 0 Å². The molecule has 0 bridgehead atoms. The fourth-order valence-corrected chi connectivity index (χ4v) is 3.15. The molecule has 0 radical (unpaired) electrons. The van der Waals surface area contributed by atoms with Crippen molar-refractivity contribution in [3.8, 4) is 0 Å². The summed E-state index contributed by atoms with van der Waals surface area (Å²) in [5, 5.41) is 4.86. The van der Waals surface area contributed by atoms with E-state index in [1.807, 2.05) is 6.20 Å². The quantitative estimate of drug-likeness (QED) is 0.797. The van der Waals surface area contributed by atoms with E-state index < -0.39 is 0 Å². The molecule has 2 aromatic rings. The third-order valence-electron chi connectivity index (χ3n) is 4.65. The molecule has 3 heteroatoms. The van der Waals surface area contributed by atoms with E-state index in [1.54, 1.807) is 0 Å². The Morgan fingerprint density at radius 2 is 2.10 bits per heavy atom. The molecule has 1 aromatic carbocycles. The number of likely N-dealkylation sites (tertiary alicyclic amines) is 1. The Morgan fingerprint density at radius 3 is 2.95 bits per heavy atom. The van der Waals surface area contributed by atoms with E-state index in [0.29, 0.717) is 0 Å². The van der Waals surface area contributed by atoms with E-state index in [1.165, 1.54) is 55.4 Å². The van der Waals surface area contributed by atoms with Crippen LogP contribution in [0.3, 0.4) is 0 Å². The van der Waals surface area contributed by atoms with Crippen molar-refractivity contribution in [2.75, 3.05) is 26.2 Å². The van der Waals surface area contributed by atoms with Crippen molar-refractivity contribution in [1.82, 2.24) is 15.2 Å². The number of fused-ring (bicyclic) bond motifs is 1. The number of aromatic amines is 1. The average molecular weight is 285 g/mol. The number of hydrogen-bond acceptors (Lipinski definition) is 2. The summed E-state index contributed by atoms with van der Waals surface area (Å²) in [5.41, 5.74) is 2.59. The Hall–Kier alpha value is -1.32. The number of piperidine rings is 1. The first kappa shape index (κ1) is 14.6. The second kappa shape index (κ2) is 7.10. The first-order valence-electron chi connectivity index (χ1n) is 8.30. The summed E-state index contributed by atoms with van der Waals surface area (Å²) in [7, 11) is 0. The van der Waals surface area contributed by atoms with Gasteiger partial charge in [-0.05, 0) is 74.4 Å². The molecule has 1 aromatic heterocycles. The molecule has 1 fully saturated rings. The molecule has 3 nitrogen and oxygen atoms in total. The van der Waals surface area contributed by atoms with E-state index in [4.69, 9.17) is 0 Å². The molecule has 0 aliphatic carbocycles. The second-order valence-electron chi connectivity index (χ2n) is 6.45. The fourth-order valence-electron chi connectivity index (χ4n) is 3.15. The van der Waals surface area contributed by atoms with Crippen LogP contribution in [0.25, 0.3) is 10.9 Å². The maximum atomic E-state index is 3.57. The summed E-state index contributed by atoms with van der Waals surface area (Å²) in [5.74, 6) is 0.933. The minimum absolute atomic E-state index is 0.933. The Kier molecular flexibility index (Phi) is 4.94. The predicted molar refractivity (Wildman–Crippen MR) is 89.5 cm³/mol. The van der Waals surface area contributed by atoms with Crippen molar-refractivity contribution in [2.45, 2.75) is 32.7 Å². The molecule has 0 amide bonds. The monoisotopic (exact) mass is 285 g/mol. The molecule has 0 saturated carbocycles. The smallest absolute Gasteiger partial charge is 0.0457 e. The summed E-state index contributed by atoms with van der Waals surface area (Å²) in [6.07, 6.45) is 6.01. The molecule has 0 atom stereocenters. The summed E-state index contributed by atoms with van der Waals surface area (Å²) < 4.78 is 0. The van der Waals surface area contributed by atoms with Gasteiger partial charge < -0.3 is 15.2 Å². The average Bonchev–Trinajstić information content (AvgIpc) is 2.96. The van der Waals surface area contributed by atoms with E-state index in [0.717, 1.165) is 19.0 Å². The molecule has 2 heterocycles. The highest BCUT2D eigenvalue weighted by Crippen LogP contribution is 2.16. The number of rotatable bonds is 6.